The van der Waals surface area contributed by atoms with Crippen molar-refractivity contribution in [3.63, 3.8) is 0 Å². The van der Waals surface area contributed by atoms with Crippen LogP contribution in [0.3, 0.4) is 0 Å². The minimum absolute atomic E-state index is 0.0347. The molecule has 0 saturated carbocycles. The zero-order valence-electron chi connectivity index (χ0n) is 15.3. The molecule has 2 amide bonds. The molecule has 0 radical (unpaired) electrons. The highest BCUT2D eigenvalue weighted by Gasteiger charge is 2.22. The highest BCUT2D eigenvalue weighted by molar-refractivity contribution is 7.13. The van der Waals surface area contributed by atoms with Crippen LogP contribution in [-0.2, 0) is 11.2 Å². The maximum absolute atomic E-state index is 12.7. The second-order valence-corrected chi connectivity index (χ2v) is 7.00. The van der Waals surface area contributed by atoms with E-state index in [1.165, 1.54) is 21.8 Å². The van der Waals surface area contributed by atoms with E-state index in [2.05, 4.69) is 4.98 Å². The molecule has 0 fully saturated rings. The summed E-state index contributed by atoms with van der Waals surface area (Å²) in [6.45, 7) is 7.11. The number of rotatable bonds is 7. The molecule has 2 rings (SSSR count). The first-order chi connectivity index (χ1) is 12.0. The van der Waals surface area contributed by atoms with Gasteiger partial charge in [0.1, 0.15) is 4.88 Å². The lowest BCUT2D eigenvalue weighted by Gasteiger charge is -2.22. The van der Waals surface area contributed by atoms with Gasteiger partial charge in [0.25, 0.3) is 5.91 Å². The summed E-state index contributed by atoms with van der Waals surface area (Å²) >= 11 is 1.41. The van der Waals surface area contributed by atoms with Crippen molar-refractivity contribution < 1.29 is 9.59 Å². The number of aromatic nitrogens is 1. The van der Waals surface area contributed by atoms with Gasteiger partial charge in [-0.3, -0.25) is 9.59 Å². The van der Waals surface area contributed by atoms with E-state index >= 15 is 0 Å². The van der Waals surface area contributed by atoms with E-state index < -0.39 is 0 Å². The number of amides is 2. The number of aryl methyl sites for hydroxylation is 1. The number of carbonyl (C=O) groups is 2. The number of hydrogen-bond acceptors (Lipinski definition) is 4. The predicted octanol–water partition coefficient (Wildman–Crippen LogP) is 2.98. The van der Waals surface area contributed by atoms with E-state index in [-0.39, 0.29) is 18.4 Å². The van der Waals surface area contributed by atoms with E-state index in [0.29, 0.717) is 24.4 Å². The zero-order chi connectivity index (χ0) is 18.4. The second kappa shape index (κ2) is 8.76. The molecule has 0 N–H and O–H groups in total. The van der Waals surface area contributed by atoms with Crippen LogP contribution >= 0.6 is 11.3 Å². The lowest BCUT2D eigenvalue weighted by Crippen LogP contribution is -2.41. The van der Waals surface area contributed by atoms with Gasteiger partial charge in [0.05, 0.1) is 17.2 Å². The molecule has 0 bridgehead atoms. The molecule has 0 atom stereocenters. The normalized spacial score (nSPS) is 10.6. The number of benzene rings is 1. The molecule has 1 aromatic heterocycles. The van der Waals surface area contributed by atoms with Crippen LogP contribution in [0.25, 0.3) is 0 Å². The van der Waals surface area contributed by atoms with Gasteiger partial charge >= 0.3 is 0 Å². The summed E-state index contributed by atoms with van der Waals surface area (Å²) in [6.07, 6.45) is 0.710. The molecule has 0 spiro atoms. The zero-order valence-corrected chi connectivity index (χ0v) is 16.1. The van der Waals surface area contributed by atoms with E-state index in [9.17, 15) is 9.59 Å². The standard InChI is InChI=1S/C19H25N3O2S/c1-5-22(6-2)17(23)13-21(4)19(24)18-14(3)20-16(25-18)12-15-10-8-7-9-11-15/h7-11H,5-6,12-13H2,1-4H3. The fraction of sp³-hybridized carbons (Fsp3) is 0.421. The van der Waals surface area contributed by atoms with Crippen molar-refractivity contribution in [2.24, 2.45) is 0 Å². The Morgan fingerprint density at radius 1 is 1.12 bits per heavy atom. The van der Waals surface area contributed by atoms with Crippen LogP contribution in [0.15, 0.2) is 30.3 Å². The van der Waals surface area contributed by atoms with Crippen molar-refractivity contribution in [1.29, 1.82) is 0 Å². The minimum Gasteiger partial charge on any atom is -0.342 e. The van der Waals surface area contributed by atoms with Gasteiger partial charge in [-0.25, -0.2) is 4.98 Å². The first-order valence-corrected chi connectivity index (χ1v) is 9.31. The lowest BCUT2D eigenvalue weighted by molar-refractivity contribution is -0.131. The number of carbonyl (C=O) groups excluding carboxylic acids is 2. The Morgan fingerprint density at radius 2 is 1.76 bits per heavy atom. The predicted molar refractivity (Wildman–Crippen MR) is 101 cm³/mol. The van der Waals surface area contributed by atoms with Crippen molar-refractivity contribution in [2.45, 2.75) is 27.2 Å². The highest BCUT2D eigenvalue weighted by atomic mass is 32.1. The molecule has 0 saturated heterocycles. The first kappa shape index (κ1) is 19.1. The largest absolute Gasteiger partial charge is 0.342 e. The minimum atomic E-state index is -0.144. The Kier molecular flexibility index (Phi) is 6.70. The molecular formula is C19H25N3O2S. The van der Waals surface area contributed by atoms with Gasteiger partial charge in [-0.2, -0.15) is 0 Å². The van der Waals surface area contributed by atoms with Crippen LogP contribution < -0.4 is 0 Å². The van der Waals surface area contributed by atoms with E-state index in [0.717, 1.165) is 10.7 Å². The number of likely N-dealkylation sites (N-methyl/N-ethyl adjacent to an activating group) is 2. The second-order valence-electron chi connectivity index (χ2n) is 5.91. The molecule has 0 aliphatic heterocycles. The van der Waals surface area contributed by atoms with Crippen LogP contribution in [0.1, 0.15) is 39.8 Å². The molecule has 25 heavy (non-hydrogen) atoms. The van der Waals surface area contributed by atoms with Gasteiger partial charge in [0.2, 0.25) is 5.91 Å². The van der Waals surface area contributed by atoms with E-state index in [1.807, 2.05) is 51.1 Å². The SMILES string of the molecule is CCN(CC)C(=O)CN(C)C(=O)c1sc(Cc2ccccc2)nc1C. The molecule has 5 nitrogen and oxygen atoms in total. The van der Waals surface area contributed by atoms with Gasteiger partial charge in [0.15, 0.2) is 0 Å². The molecular weight excluding hydrogens is 334 g/mol. The number of thiazole rings is 1. The van der Waals surface area contributed by atoms with Crippen LogP contribution in [0.2, 0.25) is 0 Å². The smallest absolute Gasteiger partial charge is 0.266 e. The molecule has 0 aliphatic rings. The third-order valence-corrected chi connectivity index (χ3v) is 5.21. The van der Waals surface area contributed by atoms with Crippen molar-refractivity contribution in [2.75, 3.05) is 26.7 Å². The third kappa shape index (κ3) is 4.89. The van der Waals surface area contributed by atoms with E-state index in [4.69, 9.17) is 0 Å². The molecule has 1 aromatic carbocycles. The third-order valence-electron chi connectivity index (χ3n) is 4.07. The Labute approximate surface area is 153 Å². The first-order valence-electron chi connectivity index (χ1n) is 8.49. The quantitative estimate of drug-likeness (QED) is 0.764. The van der Waals surface area contributed by atoms with Gasteiger partial charge < -0.3 is 9.80 Å². The van der Waals surface area contributed by atoms with Crippen molar-refractivity contribution in [3.8, 4) is 0 Å². The van der Waals surface area contributed by atoms with Crippen molar-refractivity contribution in [1.82, 2.24) is 14.8 Å². The summed E-state index contributed by atoms with van der Waals surface area (Å²) in [5, 5.41) is 0.913. The topological polar surface area (TPSA) is 53.5 Å². The van der Waals surface area contributed by atoms with Crippen LogP contribution in [-0.4, -0.2) is 53.3 Å². The summed E-state index contributed by atoms with van der Waals surface area (Å²) in [5.41, 5.74) is 1.89. The average molecular weight is 359 g/mol. The Bertz CT molecular complexity index is 724. The Morgan fingerprint density at radius 3 is 2.36 bits per heavy atom. The van der Waals surface area contributed by atoms with E-state index in [1.54, 1.807) is 11.9 Å². The maximum Gasteiger partial charge on any atom is 0.266 e. The molecule has 1 heterocycles. The van der Waals surface area contributed by atoms with Gasteiger partial charge in [-0.1, -0.05) is 30.3 Å². The summed E-state index contributed by atoms with van der Waals surface area (Å²) in [4.78, 5) is 33.2. The Balaban J connectivity index is 2.07. The number of hydrogen-bond donors (Lipinski definition) is 0. The fourth-order valence-electron chi connectivity index (χ4n) is 2.62. The summed E-state index contributed by atoms with van der Waals surface area (Å²) in [7, 11) is 1.67. The van der Waals surface area contributed by atoms with Gasteiger partial charge in [-0.15, -0.1) is 11.3 Å². The lowest BCUT2D eigenvalue weighted by atomic mass is 10.2. The van der Waals surface area contributed by atoms with Crippen LogP contribution in [0, 0.1) is 6.92 Å². The van der Waals surface area contributed by atoms with Gasteiger partial charge in [0, 0.05) is 26.6 Å². The van der Waals surface area contributed by atoms with Gasteiger partial charge in [-0.05, 0) is 26.3 Å². The molecule has 2 aromatic rings. The summed E-state index contributed by atoms with van der Waals surface area (Å²) in [5.74, 6) is -0.178. The highest BCUT2D eigenvalue weighted by Crippen LogP contribution is 2.22. The molecule has 134 valence electrons. The molecule has 0 unspecified atom stereocenters. The number of nitrogens with zero attached hydrogens (tertiary/aromatic N) is 3. The van der Waals surface area contributed by atoms with Crippen molar-refractivity contribution >= 4 is 23.2 Å². The monoisotopic (exact) mass is 359 g/mol. The Hall–Kier alpha value is -2.21. The van der Waals surface area contributed by atoms with Crippen molar-refractivity contribution in [3.05, 3.63) is 51.5 Å². The summed E-state index contributed by atoms with van der Waals surface area (Å²) in [6, 6.07) is 10.1. The fourth-order valence-corrected chi connectivity index (χ4v) is 3.71. The average Bonchev–Trinajstić information content (AvgIpc) is 2.96. The molecule has 6 heteroatoms. The molecule has 0 aliphatic carbocycles. The van der Waals surface area contributed by atoms with Crippen LogP contribution in [0.4, 0.5) is 0 Å². The maximum atomic E-state index is 12.7. The summed E-state index contributed by atoms with van der Waals surface area (Å²) < 4.78 is 0. The van der Waals surface area contributed by atoms with Crippen LogP contribution in [0.5, 0.6) is 0 Å².